The maximum absolute atomic E-state index is 11.6. The highest BCUT2D eigenvalue weighted by atomic mass is 16.5. The van der Waals surface area contributed by atoms with E-state index in [-0.39, 0.29) is 11.9 Å². The van der Waals surface area contributed by atoms with Gasteiger partial charge in [0.25, 0.3) is 0 Å². The number of cyclic esters (lactones) is 1. The summed E-state index contributed by atoms with van der Waals surface area (Å²) in [4.78, 5) is 11.6. The molecule has 80 valence electrons. The van der Waals surface area contributed by atoms with Gasteiger partial charge in [0.05, 0.1) is 12.5 Å². The van der Waals surface area contributed by atoms with Crippen LogP contribution in [0.1, 0.15) is 51.4 Å². The standard InChI is InChI=1S/C12H20O2/c13-12-11(8-5-9-14-12)10-6-3-1-2-4-7-10/h10-11H,1-9H2/t11-/m1/s1. The highest BCUT2D eigenvalue weighted by molar-refractivity contribution is 5.73. The van der Waals surface area contributed by atoms with Crippen LogP contribution in [0.3, 0.4) is 0 Å². The fourth-order valence-corrected chi connectivity index (χ4v) is 2.84. The number of carbonyl (C=O) groups is 1. The SMILES string of the molecule is O=C1OCCC[C@@H]1C1CCCCCC1. The van der Waals surface area contributed by atoms with E-state index in [1.165, 1.54) is 38.5 Å². The van der Waals surface area contributed by atoms with Crippen LogP contribution in [0.4, 0.5) is 0 Å². The molecule has 0 unspecified atom stereocenters. The molecule has 0 N–H and O–H groups in total. The average Bonchev–Trinajstić information content (AvgIpc) is 2.47. The van der Waals surface area contributed by atoms with Crippen molar-refractivity contribution in [3.63, 3.8) is 0 Å². The Morgan fingerprint density at radius 1 is 0.929 bits per heavy atom. The molecule has 0 aromatic carbocycles. The molecule has 1 atom stereocenters. The summed E-state index contributed by atoms with van der Waals surface area (Å²) in [5.74, 6) is 0.954. The van der Waals surface area contributed by atoms with E-state index in [2.05, 4.69) is 0 Å². The van der Waals surface area contributed by atoms with Crippen LogP contribution in [0.5, 0.6) is 0 Å². The van der Waals surface area contributed by atoms with Gasteiger partial charge in [0.2, 0.25) is 0 Å². The molecule has 2 fully saturated rings. The van der Waals surface area contributed by atoms with Crippen LogP contribution in [0.25, 0.3) is 0 Å². The molecule has 2 nitrogen and oxygen atoms in total. The lowest BCUT2D eigenvalue weighted by Crippen LogP contribution is -2.30. The number of ether oxygens (including phenoxy) is 1. The molecule has 1 aliphatic carbocycles. The first-order chi connectivity index (χ1) is 6.88. The van der Waals surface area contributed by atoms with Gasteiger partial charge in [0.15, 0.2) is 0 Å². The molecular formula is C12H20O2. The van der Waals surface area contributed by atoms with E-state index in [0.717, 1.165) is 12.8 Å². The zero-order chi connectivity index (χ0) is 9.80. The van der Waals surface area contributed by atoms with Crippen LogP contribution in [-0.2, 0) is 9.53 Å². The van der Waals surface area contributed by atoms with Gasteiger partial charge in [-0.15, -0.1) is 0 Å². The fourth-order valence-electron chi connectivity index (χ4n) is 2.84. The van der Waals surface area contributed by atoms with Crippen molar-refractivity contribution in [2.24, 2.45) is 11.8 Å². The third-order valence-electron chi connectivity index (χ3n) is 3.68. The van der Waals surface area contributed by atoms with Gasteiger partial charge in [-0.3, -0.25) is 4.79 Å². The summed E-state index contributed by atoms with van der Waals surface area (Å²) < 4.78 is 5.15. The van der Waals surface area contributed by atoms with E-state index < -0.39 is 0 Å². The second-order valence-corrected chi connectivity index (χ2v) is 4.67. The summed E-state index contributed by atoms with van der Waals surface area (Å²) in [7, 11) is 0. The quantitative estimate of drug-likeness (QED) is 0.476. The lowest BCUT2D eigenvalue weighted by atomic mass is 9.82. The smallest absolute Gasteiger partial charge is 0.309 e. The van der Waals surface area contributed by atoms with Crippen molar-refractivity contribution >= 4 is 5.97 Å². The van der Waals surface area contributed by atoms with E-state index in [1.54, 1.807) is 0 Å². The Morgan fingerprint density at radius 2 is 1.64 bits per heavy atom. The molecule has 1 saturated heterocycles. The summed E-state index contributed by atoms with van der Waals surface area (Å²) in [6, 6.07) is 0. The molecule has 2 aliphatic rings. The number of carbonyl (C=O) groups excluding carboxylic acids is 1. The molecule has 0 aromatic heterocycles. The van der Waals surface area contributed by atoms with Gasteiger partial charge in [0.1, 0.15) is 0 Å². The largest absolute Gasteiger partial charge is 0.465 e. The zero-order valence-corrected chi connectivity index (χ0v) is 8.84. The maximum atomic E-state index is 11.6. The molecular weight excluding hydrogens is 176 g/mol. The van der Waals surface area contributed by atoms with Gasteiger partial charge in [-0.05, 0) is 31.6 Å². The lowest BCUT2D eigenvalue weighted by Gasteiger charge is -2.27. The monoisotopic (exact) mass is 196 g/mol. The predicted molar refractivity (Wildman–Crippen MR) is 54.9 cm³/mol. The van der Waals surface area contributed by atoms with E-state index in [0.29, 0.717) is 12.5 Å². The zero-order valence-electron chi connectivity index (χ0n) is 8.84. The normalized spacial score (nSPS) is 30.9. The van der Waals surface area contributed by atoms with Crippen molar-refractivity contribution in [2.45, 2.75) is 51.4 Å². The van der Waals surface area contributed by atoms with Gasteiger partial charge < -0.3 is 4.74 Å². The lowest BCUT2D eigenvalue weighted by molar-refractivity contribution is -0.155. The van der Waals surface area contributed by atoms with Crippen molar-refractivity contribution in [1.29, 1.82) is 0 Å². The first-order valence-corrected chi connectivity index (χ1v) is 6.04. The van der Waals surface area contributed by atoms with Crippen LogP contribution in [0, 0.1) is 11.8 Å². The van der Waals surface area contributed by atoms with E-state index in [4.69, 9.17) is 4.74 Å². The molecule has 1 heterocycles. The Bertz CT molecular complexity index is 192. The second kappa shape index (κ2) is 4.81. The summed E-state index contributed by atoms with van der Waals surface area (Å²) in [6.45, 7) is 0.655. The topological polar surface area (TPSA) is 26.3 Å². The van der Waals surface area contributed by atoms with Crippen molar-refractivity contribution in [2.75, 3.05) is 6.61 Å². The Kier molecular flexibility index (Phi) is 3.44. The van der Waals surface area contributed by atoms with Gasteiger partial charge in [-0.2, -0.15) is 0 Å². The van der Waals surface area contributed by atoms with Gasteiger partial charge >= 0.3 is 5.97 Å². The number of hydrogen-bond donors (Lipinski definition) is 0. The van der Waals surface area contributed by atoms with Crippen LogP contribution < -0.4 is 0 Å². The summed E-state index contributed by atoms with van der Waals surface area (Å²) in [5.41, 5.74) is 0. The second-order valence-electron chi connectivity index (χ2n) is 4.67. The van der Waals surface area contributed by atoms with Crippen LogP contribution in [0.2, 0.25) is 0 Å². The molecule has 0 amide bonds. The number of esters is 1. The molecule has 2 rings (SSSR count). The first-order valence-electron chi connectivity index (χ1n) is 6.04. The Labute approximate surface area is 86.0 Å². The Morgan fingerprint density at radius 3 is 2.29 bits per heavy atom. The average molecular weight is 196 g/mol. The van der Waals surface area contributed by atoms with Crippen LogP contribution >= 0.6 is 0 Å². The van der Waals surface area contributed by atoms with Gasteiger partial charge in [-0.25, -0.2) is 0 Å². The molecule has 1 saturated carbocycles. The first kappa shape index (κ1) is 10.0. The van der Waals surface area contributed by atoms with Crippen LogP contribution in [-0.4, -0.2) is 12.6 Å². The Hall–Kier alpha value is -0.530. The van der Waals surface area contributed by atoms with Gasteiger partial charge in [-0.1, -0.05) is 25.7 Å². The third-order valence-corrected chi connectivity index (χ3v) is 3.68. The fraction of sp³-hybridized carbons (Fsp3) is 0.917. The van der Waals surface area contributed by atoms with Crippen molar-refractivity contribution in [1.82, 2.24) is 0 Å². The number of rotatable bonds is 1. The van der Waals surface area contributed by atoms with Crippen molar-refractivity contribution in [3.8, 4) is 0 Å². The molecule has 0 radical (unpaired) electrons. The van der Waals surface area contributed by atoms with Crippen LogP contribution in [0.15, 0.2) is 0 Å². The minimum Gasteiger partial charge on any atom is -0.465 e. The minimum atomic E-state index is 0.0863. The van der Waals surface area contributed by atoms with Crippen molar-refractivity contribution < 1.29 is 9.53 Å². The third kappa shape index (κ3) is 2.28. The van der Waals surface area contributed by atoms with E-state index in [1.807, 2.05) is 0 Å². The summed E-state index contributed by atoms with van der Waals surface area (Å²) in [5, 5.41) is 0. The molecule has 0 bridgehead atoms. The summed E-state index contributed by atoms with van der Waals surface area (Å²) >= 11 is 0. The molecule has 0 aromatic rings. The molecule has 14 heavy (non-hydrogen) atoms. The summed E-state index contributed by atoms with van der Waals surface area (Å²) in [6.07, 6.45) is 10.00. The Balaban J connectivity index is 1.93. The number of hydrogen-bond acceptors (Lipinski definition) is 2. The van der Waals surface area contributed by atoms with E-state index in [9.17, 15) is 4.79 Å². The highest BCUT2D eigenvalue weighted by Gasteiger charge is 2.31. The molecule has 0 spiro atoms. The molecule has 2 heteroatoms. The minimum absolute atomic E-state index is 0.0863. The van der Waals surface area contributed by atoms with Crippen molar-refractivity contribution in [3.05, 3.63) is 0 Å². The predicted octanol–water partition coefficient (Wildman–Crippen LogP) is 2.91. The highest BCUT2D eigenvalue weighted by Crippen LogP contribution is 2.33. The maximum Gasteiger partial charge on any atom is 0.309 e. The molecule has 1 aliphatic heterocycles. The van der Waals surface area contributed by atoms with E-state index >= 15 is 0 Å². The van der Waals surface area contributed by atoms with Gasteiger partial charge in [0, 0.05) is 0 Å².